The summed E-state index contributed by atoms with van der Waals surface area (Å²) in [5.74, 6) is 0. The second-order valence-electron chi connectivity index (χ2n) is 1.70. The van der Waals surface area contributed by atoms with Crippen LogP contribution >= 0.6 is 0 Å². The minimum Gasteiger partial charge on any atom is -0.427 e. The number of H-pyrrole nitrogens is 1. The molecule has 5 nitrogen and oxygen atoms in total. The molecule has 2 heterocycles. The molecule has 2 aromatic heterocycles. The van der Waals surface area contributed by atoms with Gasteiger partial charge in [-0.3, -0.25) is 0 Å². The molecule has 0 saturated heterocycles. The monoisotopic (exact) mass is 152 g/mol. The molecule has 0 spiro atoms. The first-order valence-electron chi connectivity index (χ1n) is 2.99. The highest BCUT2D eigenvalue weighted by Crippen LogP contribution is 1.72. The zero-order chi connectivity index (χ0) is 7.94. The molecule has 2 aromatic rings. The summed E-state index contributed by atoms with van der Waals surface area (Å²) >= 11 is 0. The summed E-state index contributed by atoms with van der Waals surface area (Å²) in [5, 5.41) is 8.33. The van der Waals surface area contributed by atoms with E-state index >= 15 is 0 Å². The van der Waals surface area contributed by atoms with Gasteiger partial charge in [-0.1, -0.05) is 0 Å². The summed E-state index contributed by atoms with van der Waals surface area (Å²) < 4.78 is 0.889. The van der Waals surface area contributed by atoms with E-state index in [2.05, 4.69) is 15.0 Å². The Labute approximate surface area is 63.3 Å². The van der Waals surface area contributed by atoms with Gasteiger partial charge in [-0.2, -0.15) is 4.73 Å². The lowest BCUT2D eigenvalue weighted by Crippen LogP contribution is -1.79. The average Bonchev–Trinajstić information content (AvgIpc) is 2.57. The fraction of sp³-hybridized carbons (Fsp3) is 0. The van der Waals surface area contributed by atoms with E-state index in [4.69, 9.17) is 5.21 Å². The van der Waals surface area contributed by atoms with E-state index in [1.165, 1.54) is 18.7 Å². The van der Waals surface area contributed by atoms with Crippen molar-refractivity contribution >= 4 is 0 Å². The van der Waals surface area contributed by atoms with Crippen molar-refractivity contribution in [2.24, 2.45) is 0 Å². The first-order chi connectivity index (χ1) is 5.39. The van der Waals surface area contributed by atoms with Crippen LogP contribution in [0.1, 0.15) is 0 Å². The van der Waals surface area contributed by atoms with Gasteiger partial charge in [-0.05, 0) is 0 Å². The standard InChI is InChI=1S/C3H4N2O.C3H4N2/c6-5-2-1-4-3-5;1-2-5-3-4-1/h1-3,6H;1-3H,(H,4,5). The summed E-state index contributed by atoms with van der Waals surface area (Å²) in [6.45, 7) is 0. The van der Waals surface area contributed by atoms with E-state index in [-0.39, 0.29) is 0 Å². The number of aromatic nitrogens is 4. The molecule has 0 aliphatic rings. The number of hydrogen-bond acceptors (Lipinski definition) is 3. The third kappa shape index (κ3) is 3.04. The van der Waals surface area contributed by atoms with E-state index in [0.29, 0.717) is 0 Å². The molecular formula is C6H8N4O. The van der Waals surface area contributed by atoms with Gasteiger partial charge in [0.1, 0.15) is 6.33 Å². The Morgan fingerprint density at radius 3 is 2.36 bits per heavy atom. The second kappa shape index (κ2) is 4.10. The highest BCUT2D eigenvalue weighted by molar-refractivity contribution is 4.67. The number of hydrogen-bond donors (Lipinski definition) is 2. The minimum atomic E-state index is 0.889. The lowest BCUT2D eigenvalue weighted by molar-refractivity contribution is 0.186. The maximum absolute atomic E-state index is 8.33. The molecule has 58 valence electrons. The van der Waals surface area contributed by atoms with Gasteiger partial charge >= 0.3 is 0 Å². The van der Waals surface area contributed by atoms with Gasteiger partial charge in [-0.25, -0.2) is 9.97 Å². The Hall–Kier alpha value is -1.78. The summed E-state index contributed by atoms with van der Waals surface area (Å²) in [6.07, 6.45) is 9.33. The largest absolute Gasteiger partial charge is 0.427 e. The third-order valence-corrected chi connectivity index (χ3v) is 0.896. The highest BCUT2D eigenvalue weighted by Gasteiger charge is 1.71. The van der Waals surface area contributed by atoms with Crippen molar-refractivity contribution in [3.05, 3.63) is 37.4 Å². The van der Waals surface area contributed by atoms with E-state index < -0.39 is 0 Å². The van der Waals surface area contributed by atoms with Crippen molar-refractivity contribution < 1.29 is 5.21 Å². The molecule has 0 aliphatic carbocycles. The van der Waals surface area contributed by atoms with E-state index in [0.717, 1.165) is 4.73 Å². The van der Waals surface area contributed by atoms with E-state index in [1.54, 1.807) is 18.7 Å². The van der Waals surface area contributed by atoms with Crippen molar-refractivity contribution in [1.82, 2.24) is 19.7 Å². The molecule has 0 atom stereocenters. The fourth-order valence-electron chi connectivity index (χ4n) is 0.467. The van der Waals surface area contributed by atoms with Crippen LogP contribution in [0.4, 0.5) is 0 Å². The molecule has 2 rings (SSSR count). The predicted octanol–water partition coefficient (Wildman–Crippen LogP) is 0.530. The Morgan fingerprint density at radius 1 is 1.27 bits per heavy atom. The van der Waals surface area contributed by atoms with Gasteiger partial charge in [0.05, 0.1) is 12.5 Å². The van der Waals surface area contributed by atoms with Crippen LogP contribution in [0.5, 0.6) is 0 Å². The fourth-order valence-corrected chi connectivity index (χ4v) is 0.467. The lowest BCUT2D eigenvalue weighted by Gasteiger charge is -1.77. The molecular weight excluding hydrogens is 144 g/mol. The Morgan fingerprint density at radius 2 is 2.18 bits per heavy atom. The van der Waals surface area contributed by atoms with Crippen molar-refractivity contribution in [2.75, 3.05) is 0 Å². The summed E-state index contributed by atoms with van der Waals surface area (Å²) in [5.41, 5.74) is 0. The molecule has 2 N–H and O–H groups in total. The Balaban J connectivity index is 0.000000112. The number of nitrogens with zero attached hydrogens (tertiary/aromatic N) is 3. The SMILES string of the molecule is On1ccnc1.c1c[nH]cn1. The first-order valence-corrected chi connectivity index (χ1v) is 2.99. The van der Waals surface area contributed by atoms with E-state index in [9.17, 15) is 0 Å². The van der Waals surface area contributed by atoms with Crippen LogP contribution in [0.15, 0.2) is 37.4 Å². The van der Waals surface area contributed by atoms with Gasteiger partial charge in [0.25, 0.3) is 0 Å². The minimum absolute atomic E-state index is 0.889. The normalized spacial score (nSPS) is 8.36. The first kappa shape index (κ1) is 7.33. The molecule has 0 aliphatic heterocycles. The molecule has 0 fully saturated rings. The summed E-state index contributed by atoms with van der Waals surface area (Å²) in [7, 11) is 0. The van der Waals surface area contributed by atoms with Gasteiger partial charge < -0.3 is 10.2 Å². The number of imidazole rings is 2. The van der Waals surface area contributed by atoms with Crippen molar-refractivity contribution in [3.8, 4) is 0 Å². The quantitative estimate of drug-likeness (QED) is 0.541. The van der Waals surface area contributed by atoms with Gasteiger partial charge in [0.2, 0.25) is 0 Å². The van der Waals surface area contributed by atoms with Gasteiger partial charge in [0.15, 0.2) is 0 Å². The Bertz CT molecular complexity index is 233. The number of nitrogens with one attached hydrogen (secondary N) is 1. The van der Waals surface area contributed by atoms with Gasteiger partial charge in [0, 0.05) is 18.6 Å². The smallest absolute Gasteiger partial charge is 0.131 e. The zero-order valence-electron chi connectivity index (χ0n) is 5.75. The molecule has 5 heteroatoms. The summed E-state index contributed by atoms with van der Waals surface area (Å²) in [4.78, 5) is 9.95. The molecule has 0 amide bonds. The topological polar surface area (TPSA) is 66.7 Å². The predicted molar refractivity (Wildman–Crippen MR) is 38.0 cm³/mol. The zero-order valence-corrected chi connectivity index (χ0v) is 5.75. The second-order valence-corrected chi connectivity index (χ2v) is 1.70. The molecule has 0 unspecified atom stereocenters. The average molecular weight is 152 g/mol. The summed E-state index contributed by atoms with van der Waals surface area (Å²) in [6, 6.07) is 0. The van der Waals surface area contributed by atoms with Crippen LogP contribution in [0.2, 0.25) is 0 Å². The molecule has 0 bridgehead atoms. The van der Waals surface area contributed by atoms with Crippen LogP contribution in [-0.4, -0.2) is 24.9 Å². The molecule has 0 aromatic carbocycles. The van der Waals surface area contributed by atoms with Gasteiger partial charge in [-0.15, -0.1) is 0 Å². The Kier molecular flexibility index (Phi) is 2.73. The maximum Gasteiger partial charge on any atom is 0.131 e. The number of aromatic amines is 1. The van der Waals surface area contributed by atoms with Crippen molar-refractivity contribution in [1.29, 1.82) is 0 Å². The number of rotatable bonds is 0. The van der Waals surface area contributed by atoms with Crippen LogP contribution in [-0.2, 0) is 0 Å². The van der Waals surface area contributed by atoms with Crippen LogP contribution in [0.3, 0.4) is 0 Å². The lowest BCUT2D eigenvalue weighted by atomic mass is 11.0. The van der Waals surface area contributed by atoms with Crippen molar-refractivity contribution in [3.63, 3.8) is 0 Å². The highest BCUT2D eigenvalue weighted by atomic mass is 16.5. The van der Waals surface area contributed by atoms with Crippen LogP contribution < -0.4 is 0 Å². The van der Waals surface area contributed by atoms with Crippen molar-refractivity contribution in [2.45, 2.75) is 0 Å². The van der Waals surface area contributed by atoms with Crippen LogP contribution in [0.25, 0.3) is 0 Å². The maximum atomic E-state index is 8.33. The van der Waals surface area contributed by atoms with Crippen LogP contribution in [0, 0.1) is 0 Å². The molecule has 0 saturated carbocycles. The molecule has 0 radical (unpaired) electrons. The third-order valence-electron chi connectivity index (χ3n) is 0.896. The molecule has 11 heavy (non-hydrogen) atoms. The van der Waals surface area contributed by atoms with E-state index in [1.807, 2.05) is 0 Å².